The summed E-state index contributed by atoms with van der Waals surface area (Å²) < 4.78 is 18.9. The van der Waals surface area contributed by atoms with Crippen LogP contribution in [0.1, 0.15) is 43.5 Å². The van der Waals surface area contributed by atoms with E-state index < -0.39 is 0 Å². The largest absolute Gasteiger partial charge is 0.340 e. The highest BCUT2D eigenvalue weighted by atomic mass is 19.1. The van der Waals surface area contributed by atoms with Crippen molar-refractivity contribution in [3.05, 3.63) is 47.4 Å². The fourth-order valence-electron chi connectivity index (χ4n) is 3.79. The topological polar surface area (TPSA) is 45.4 Å². The molecule has 0 amide bonds. The smallest absolute Gasteiger partial charge is 0.223 e. The molecule has 6 heteroatoms. The van der Waals surface area contributed by atoms with E-state index in [1.54, 1.807) is 12.1 Å². The molecule has 0 N–H and O–H groups in total. The van der Waals surface area contributed by atoms with Crippen LogP contribution in [0, 0.1) is 12.7 Å². The maximum Gasteiger partial charge on any atom is 0.223 e. The van der Waals surface area contributed by atoms with Crippen LogP contribution in [0.5, 0.6) is 0 Å². The molecule has 1 aliphatic heterocycles. The summed E-state index contributed by atoms with van der Waals surface area (Å²) in [5, 5.41) is 4.03. The first-order valence-electron chi connectivity index (χ1n) is 9.64. The van der Waals surface area contributed by atoms with Crippen molar-refractivity contribution in [2.75, 3.05) is 26.2 Å². The van der Waals surface area contributed by atoms with Gasteiger partial charge in [-0.1, -0.05) is 30.3 Å². The summed E-state index contributed by atoms with van der Waals surface area (Å²) in [6, 6.07) is 7.64. The fourth-order valence-corrected chi connectivity index (χ4v) is 3.79. The fraction of sp³-hybridized carbons (Fsp3) is 0.600. The lowest BCUT2D eigenvalue weighted by atomic mass is 10.1. The van der Waals surface area contributed by atoms with Gasteiger partial charge in [0.05, 0.1) is 6.54 Å². The summed E-state index contributed by atoms with van der Waals surface area (Å²) in [6.07, 6.45) is 4.25. The van der Waals surface area contributed by atoms with Crippen LogP contribution in [0.15, 0.2) is 28.8 Å². The number of aryl methyl sites for hydroxylation is 1. The third-order valence-corrected chi connectivity index (χ3v) is 5.28. The minimum atomic E-state index is -0.0900. The molecule has 0 unspecified atom stereocenters. The van der Waals surface area contributed by atoms with E-state index in [1.165, 1.54) is 12.8 Å². The minimum Gasteiger partial charge on any atom is -0.340 e. The van der Waals surface area contributed by atoms with Crippen molar-refractivity contribution in [2.45, 2.75) is 52.1 Å². The van der Waals surface area contributed by atoms with E-state index in [9.17, 15) is 4.39 Å². The zero-order valence-electron chi connectivity index (χ0n) is 15.8. The highest BCUT2D eigenvalue weighted by molar-refractivity contribution is 5.17. The van der Waals surface area contributed by atoms with Crippen molar-refractivity contribution in [3.8, 4) is 0 Å². The molecule has 1 fully saturated rings. The maximum atomic E-state index is 13.8. The van der Waals surface area contributed by atoms with Crippen LogP contribution in [0.2, 0.25) is 0 Å². The molecule has 2 heterocycles. The van der Waals surface area contributed by atoms with Gasteiger partial charge in [0.15, 0.2) is 5.82 Å². The van der Waals surface area contributed by atoms with Gasteiger partial charge < -0.3 is 9.42 Å². The van der Waals surface area contributed by atoms with Gasteiger partial charge in [-0.05, 0) is 56.9 Å². The van der Waals surface area contributed by atoms with Crippen molar-refractivity contribution < 1.29 is 8.91 Å². The van der Waals surface area contributed by atoms with Gasteiger partial charge in [-0.2, -0.15) is 4.98 Å². The lowest BCUT2D eigenvalue weighted by molar-refractivity contribution is 0.171. The number of hydrogen-bond acceptors (Lipinski definition) is 5. The van der Waals surface area contributed by atoms with E-state index in [4.69, 9.17) is 4.52 Å². The number of nitrogens with zero attached hydrogens (tertiary/aromatic N) is 4. The summed E-state index contributed by atoms with van der Waals surface area (Å²) in [5.41, 5.74) is 0.816. The first kappa shape index (κ1) is 19.0. The Balaban J connectivity index is 1.51. The number of halogens is 1. The van der Waals surface area contributed by atoms with Gasteiger partial charge in [-0.15, -0.1) is 0 Å². The summed E-state index contributed by atoms with van der Waals surface area (Å²) in [4.78, 5) is 9.26. The van der Waals surface area contributed by atoms with Crippen molar-refractivity contribution in [2.24, 2.45) is 0 Å². The van der Waals surface area contributed by atoms with Crippen molar-refractivity contribution in [1.29, 1.82) is 0 Å². The van der Waals surface area contributed by atoms with Gasteiger partial charge in [0, 0.05) is 19.5 Å². The molecule has 2 aromatic rings. The predicted molar refractivity (Wildman–Crippen MR) is 99.3 cm³/mol. The highest BCUT2D eigenvalue weighted by Gasteiger charge is 2.23. The first-order chi connectivity index (χ1) is 12.7. The normalized spacial score (nSPS) is 19.0. The molecule has 142 valence electrons. The molecular formula is C20H29FN4O. The van der Waals surface area contributed by atoms with Gasteiger partial charge >= 0.3 is 0 Å². The molecule has 0 bridgehead atoms. The predicted octanol–water partition coefficient (Wildman–Crippen LogP) is 3.44. The number of likely N-dealkylation sites (tertiary alicyclic amines) is 1. The van der Waals surface area contributed by atoms with Crippen LogP contribution in [-0.4, -0.2) is 52.2 Å². The molecule has 1 atom stereocenters. The molecule has 0 radical (unpaired) electrons. The average Bonchev–Trinajstić information content (AvgIpc) is 2.91. The lowest BCUT2D eigenvalue weighted by Crippen LogP contribution is -2.36. The van der Waals surface area contributed by atoms with Crippen LogP contribution in [-0.2, 0) is 13.0 Å². The Kier molecular flexibility index (Phi) is 6.74. The lowest BCUT2D eigenvalue weighted by Gasteiger charge is -2.29. The average molecular weight is 360 g/mol. The zero-order valence-corrected chi connectivity index (χ0v) is 15.8. The highest BCUT2D eigenvalue weighted by Crippen LogP contribution is 2.19. The number of rotatable bonds is 7. The van der Waals surface area contributed by atoms with E-state index in [0.717, 1.165) is 57.0 Å². The Morgan fingerprint density at radius 3 is 2.85 bits per heavy atom. The molecule has 1 saturated heterocycles. The van der Waals surface area contributed by atoms with Crippen molar-refractivity contribution in [3.63, 3.8) is 0 Å². The minimum absolute atomic E-state index is 0.0900. The quantitative estimate of drug-likeness (QED) is 0.757. The molecule has 3 rings (SSSR count). The van der Waals surface area contributed by atoms with Crippen LogP contribution in [0.4, 0.5) is 4.39 Å². The van der Waals surface area contributed by atoms with Crippen LogP contribution < -0.4 is 0 Å². The molecule has 26 heavy (non-hydrogen) atoms. The maximum absolute atomic E-state index is 13.8. The Morgan fingerprint density at radius 2 is 2.12 bits per heavy atom. The van der Waals surface area contributed by atoms with E-state index in [-0.39, 0.29) is 5.82 Å². The first-order valence-corrected chi connectivity index (χ1v) is 9.64. The second-order valence-electron chi connectivity index (χ2n) is 7.06. The molecule has 1 aromatic carbocycles. The van der Waals surface area contributed by atoms with Crippen LogP contribution >= 0.6 is 0 Å². The van der Waals surface area contributed by atoms with E-state index in [0.29, 0.717) is 11.9 Å². The molecule has 0 spiro atoms. The Morgan fingerprint density at radius 1 is 1.27 bits per heavy atom. The Hall–Kier alpha value is -1.79. The Labute approximate surface area is 155 Å². The Bertz CT molecular complexity index is 690. The molecule has 1 aromatic heterocycles. The standard InChI is InChI=1S/C20H29FN4O/c1-3-25(15-20-22-16(2)26-23-20)18-8-6-12-24(14-11-18)13-10-17-7-4-5-9-19(17)21/h4-5,7,9,18H,3,6,8,10-15H2,1-2H3/t18-/m0/s1. The van der Waals surface area contributed by atoms with Gasteiger partial charge in [-0.25, -0.2) is 4.39 Å². The van der Waals surface area contributed by atoms with Crippen molar-refractivity contribution in [1.82, 2.24) is 19.9 Å². The monoisotopic (exact) mass is 360 g/mol. The molecule has 5 nitrogen and oxygen atoms in total. The second kappa shape index (κ2) is 9.24. The summed E-state index contributed by atoms with van der Waals surface area (Å²) >= 11 is 0. The summed E-state index contributed by atoms with van der Waals surface area (Å²) in [6.45, 7) is 8.80. The van der Waals surface area contributed by atoms with E-state index in [1.807, 2.05) is 19.1 Å². The van der Waals surface area contributed by atoms with Gasteiger partial charge in [0.2, 0.25) is 5.89 Å². The summed E-state index contributed by atoms with van der Waals surface area (Å²) in [7, 11) is 0. The zero-order chi connectivity index (χ0) is 18.4. The van der Waals surface area contributed by atoms with Crippen molar-refractivity contribution >= 4 is 0 Å². The SMILES string of the molecule is CCN(Cc1noc(C)n1)[C@H]1CCCN(CCc2ccccc2F)CC1. The number of hydrogen-bond donors (Lipinski definition) is 0. The third kappa shape index (κ3) is 5.11. The molecular weight excluding hydrogens is 331 g/mol. The molecule has 1 aliphatic rings. The molecule has 0 aliphatic carbocycles. The van der Waals surface area contributed by atoms with E-state index >= 15 is 0 Å². The van der Waals surface area contributed by atoms with Gasteiger partial charge in [0.25, 0.3) is 0 Å². The van der Waals surface area contributed by atoms with Gasteiger partial charge in [-0.3, -0.25) is 4.90 Å². The van der Waals surface area contributed by atoms with Gasteiger partial charge in [0.1, 0.15) is 5.82 Å². The second-order valence-corrected chi connectivity index (χ2v) is 7.06. The van der Waals surface area contributed by atoms with E-state index in [2.05, 4.69) is 26.9 Å². The third-order valence-electron chi connectivity index (χ3n) is 5.28. The van der Waals surface area contributed by atoms with Crippen LogP contribution in [0.25, 0.3) is 0 Å². The summed E-state index contributed by atoms with van der Waals surface area (Å²) in [5.74, 6) is 1.30. The number of aromatic nitrogens is 2. The number of benzene rings is 1. The molecule has 0 saturated carbocycles. The van der Waals surface area contributed by atoms with Crippen LogP contribution in [0.3, 0.4) is 0 Å².